The molecule has 0 aromatic rings. The topological polar surface area (TPSA) is 124 Å². The molecule has 0 spiro atoms. The van der Waals surface area contributed by atoms with Crippen LogP contribution in [0.2, 0.25) is 0 Å². The predicted molar refractivity (Wildman–Crippen MR) is 88.3 cm³/mol. The third-order valence-electron chi connectivity index (χ3n) is 5.03. The molecular weight excluding hydrogens is 344 g/mol. The second-order valence-electron chi connectivity index (χ2n) is 7.50. The predicted octanol–water partition coefficient (Wildman–Crippen LogP) is 0.781. The van der Waals surface area contributed by atoms with E-state index < -0.39 is 54.2 Å². The summed E-state index contributed by atoms with van der Waals surface area (Å²) in [6.07, 6.45) is -0.0718. The first-order valence-corrected chi connectivity index (χ1v) is 8.31. The standard InChI is InChI=1S/C17H24N2O7/c1-8(2)19-13(21)12(20)18(16(19)25)7-26-15(24)11-10(17(11,4)5)6-9(3)14(22)23/h6,8,10-11,13,21H,7H2,1-5H3,(H,22,23)/b9-6+/t10-,11-,13?/m1/s1. The number of aliphatic carboxylic acids is 1. The number of carbonyl (C=O) groups is 4. The van der Waals surface area contributed by atoms with Crippen molar-refractivity contribution in [2.24, 2.45) is 17.3 Å². The van der Waals surface area contributed by atoms with Gasteiger partial charge in [-0.2, -0.15) is 0 Å². The van der Waals surface area contributed by atoms with Gasteiger partial charge in [-0.15, -0.1) is 0 Å². The van der Waals surface area contributed by atoms with Crippen LogP contribution in [0, 0.1) is 17.3 Å². The normalized spacial score (nSPS) is 28.0. The minimum atomic E-state index is -1.59. The Morgan fingerprint density at radius 1 is 1.31 bits per heavy atom. The van der Waals surface area contributed by atoms with E-state index in [1.165, 1.54) is 13.0 Å². The van der Waals surface area contributed by atoms with Crippen molar-refractivity contribution in [3.8, 4) is 0 Å². The lowest BCUT2D eigenvalue weighted by molar-refractivity contribution is -0.153. The monoisotopic (exact) mass is 368 g/mol. The molecule has 1 saturated heterocycles. The Bertz CT molecular complexity index is 683. The Labute approximate surface area is 151 Å². The Hall–Kier alpha value is -2.42. The zero-order valence-electron chi connectivity index (χ0n) is 15.4. The zero-order chi connectivity index (χ0) is 20.0. The molecule has 1 aliphatic carbocycles. The number of aliphatic hydroxyl groups is 1. The number of imide groups is 1. The highest BCUT2D eigenvalue weighted by Crippen LogP contribution is 2.59. The number of nitrogens with zero attached hydrogens (tertiary/aromatic N) is 2. The van der Waals surface area contributed by atoms with Crippen LogP contribution in [0.5, 0.6) is 0 Å². The van der Waals surface area contributed by atoms with Gasteiger partial charge in [0, 0.05) is 11.6 Å². The second kappa shape index (κ2) is 6.71. The highest BCUT2D eigenvalue weighted by atomic mass is 16.5. The van der Waals surface area contributed by atoms with Crippen molar-refractivity contribution in [2.45, 2.75) is 46.9 Å². The highest BCUT2D eigenvalue weighted by molar-refractivity contribution is 6.03. The van der Waals surface area contributed by atoms with Gasteiger partial charge in [-0.25, -0.2) is 14.5 Å². The van der Waals surface area contributed by atoms with Crippen LogP contribution in [0.3, 0.4) is 0 Å². The van der Waals surface area contributed by atoms with Crippen LogP contribution < -0.4 is 0 Å². The summed E-state index contributed by atoms with van der Waals surface area (Å²) in [6, 6.07) is -1.11. The molecule has 2 fully saturated rings. The first-order chi connectivity index (χ1) is 11.9. The molecule has 1 aliphatic heterocycles. The maximum Gasteiger partial charge on any atom is 0.332 e. The van der Waals surface area contributed by atoms with E-state index in [0.717, 1.165) is 4.90 Å². The van der Waals surface area contributed by atoms with Gasteiger partial charge in [-0.05, 0) is 32.1 Å². The van der Waals surface area contributed by atoms with E-state index in [1.807, 2.05) is 13.8 Å². The Morgan fingerprint density at radius 3 is 2.35 bits per heavy atom. The zero-order valence-corrected chi connectivity index (χ0v) is 15.4. The van der Waals surface area contributed by atoms with Crippen LogP contribution in [0.1, 0.15) is 34.6 Å². The van der Waals surface area contributed by atoms with E-state index in [9.17, 15) is 24.3 Å². The number of allylic oxidation sites excluding steroid dienone is 1. The van der Waals surface area contributed by atoms with Crippen molar-refractivity contribution in [3.63, 3.8) is 0 Å². The molecular formula is C17H24N2O7. The Balaban J connectivity index is 2.01. The van der Waals surface area contributed by atoms with Gasteiger partial charge in [-0.3, -0.25) is 14.5 Å². The van der Waals surface area contributed by atoms with Crippen LogP contribution >= 0.6 is 0 Å². The third kappa shape index (κ3) is 3.31. The number of carbonyl (C=O) groups excluding carboxylic acids is 3. The quantitative estimate of drug-likeness (QED) is 0.403. The number of esters is 1. The second-order valence-corrected chi connectivity index (χ2v) is 7.50. The van der Waals surface area contributed by atoms with Gasteiger partial charge < -0.3 is 14.9 Å². The summed E-state index contributed by atoms with van der Waals surface area (Å²) < 4.78 is 5.11. The molecule has 2 rings (SSSR count). The average Bonchev–Trinajstić information content (AvgIpc) is 2.98. The third-order valence-corrected chi connectivity index (χ3v) is 5.03. The van der Waals surface area contributed by atoms with Gasteiger partial charge in [0.05, 0.1) is 5.92 Å². The molecule has 26 heavy (non-hydrogen) atoms. The van der Waals surface area contributed by atoms with Gasteiger partial charge in [0.25, 0.3) is 5.91 Å². The summed E-state index contributed by atoms with van der Waals surface area (Å²) >= 11 is 0. The van der Waals surface area contributed by atoms with Crippen molar-refractivity contribution >= 4 is 23.9 Å². The van der Waals surface area contributed by atoms with E-state index in [4.69, 9.17) is 9.84 Å². The molecule has 0 aromatic carbocycles. The highest BCUT2D eigenvalue weighted by Gasteiger charge is 2.62. The summed E-state index contributed by atoms with van der Waals surface area (Å²) in [7, 11) is 0. The number of carboxylic acids is 1. The molecule has 1 unspecified atom stereocenters. The van der Waals surface area contributed by atoms with E-state index in [1.54, 1.807) is 13.8 Å². The van der Waals surface area contributed by atoms with Crippen LogP contribution in [-0.4, -0.2) is 62.9 Å². The fourth-order valence-electron chi connectivity index (χ4n) is 3.22. The summed E-state index contributed by atoms with van der Waals surface area (Å²) in [5.41, 5.74) is -0.338. The van der Waals surface area contributed by atoms with Gasteiger partial charge in [0.2, 0.25) is 6.23 Å². The minimum absolute atomic E-state index is 0.138. The molecule has 9 heteroatoms. The van der Waals surface area contributed by atoms with E-state index in [0.29, 0.717) is 4.90 Å². The van der Waals surface area contributed by atoms with Crippen molar-refractivity contribution in [3.05, 3.63) is 11.6 Å². The number of urea groups is 1. The number of carboxylic acid groups (broad SMARTS) is 1. The van der Waals surface area contributed by atoms with Gasteiger partial charge >= 0.3 is 18.0 Å². The number of hydrogen-bond acceptors (Lipinski definition) is 6. The van der Waals surface area contributed by atoms with Gasteiger partial charge in [0.1, 0.15) is 0 Å². The van der Waals surface area contributed by atoms with Crippen molar-refractivity contribution < 1.29 is 34.1 Å². The van der Waals surface area contributed by atoms with Crippen molar-refractivity contribution in [2.75, 3.05) is 6.73 Å². The number of ether oxygens (including phenoxy) is 1. The molecule has 0 aromatic heterocycles. The van der Waals surface area contributed by atoms with E-state index >= 15 is 0 Å². The van der Waals surface area contributed by atoms with Crippen LogP contribution in [0.15, 0.2) is 11.6 Å². The molecule has 3 atom stereocenters. The fourth-order valence-corrected chi connectivity index (χ4v) is 3.22. The molecule has 9 nitrogen and oxygen atoms in total. The fraction of sp³-hybridized carbons (Fsp3) is 0.647. The minimum Gasteiger partial charge on any atom is -0.478 e. The van der Waals surface area contributed by atoms with Gasteiger partial charge in [-0.1, -0.05) is 19.9 Å². The molecule has 1 heterocycles. The lowest BCUT2D eigenvalue weighted by Gasteiger charge is -2.22. The maximum atomic E-state index is 12.3. The Kier molecular flexibility index (Phi) is 5.14. The maximum absolute atomic E-state index is 12.3. The molecule has 2 N–H and O–H groups in total. The molecule has 3 amide bonds. The summed E-state index contributed by atoms with van der Waals surface area (Å²) in [4.78, 5) is 49.1. The van der Waals surface area contributed by atoms with Crippen molar-refractivity contribution in [1.29, 1.82) is 0 Å². The number of amides is 3. The first kappa shape index (κ1) is 19.9. The smallest absolute Gasteiger partial charge is 0.332 e. The van der Waals surface area contributed by atoms with E-state index in [2.05, 4.69) is 0 Å². The van der Waals surface area contributed by atoms with E-state index in [-0.39, 0.29) is 11.5 Å². The summed E-state index contributed by atoms with van der Waals surface area (Å²) in [5.74, 6) is -3.38. The molecule has 0 bridgehead atoms. The number of hydrogen-bond donors (Lipinski definition) is 2. The molecule has 144 valence electrons. The summed E-state index contributed by atoms with van der Waals surface area (Å²) in [6.45, 7) is 7.79. The number of rotatable bonds is 6. The Morgan fingerprint density at radius 2 is 1.88 bits per heavy atom. The lowest BCUT2D eigenvalue weighted by Crippen LogP contribution is -2.40. The molecule has 2 aliphatic rings. The first-order valence-electron chi connectivity index (χ1n) is 8.31. The van der Waals surface area contributed by atoms with Crippen molar-refractivity contribution in [1.82, 2.24) is 9.80 Å². The SMILES string of the molecule is C/C(=C\[C@@H]1[C@H](C(=O)OCN2C(=O)C(O)N(C(C)C)C2=O)C1(C)C)C(=O)O. The van der Waals surface area contributed by atoms with Crippen LogP contribution in [0.4, 0.5) is 4.79 Å². The lowest BCUT2D eigenvalue weighted by atomic mass is 10.1. The van der Waals surface area contributed by atoms with Crippen LogP contribution in [-0.2, 0) is 19.1 Å². The van der Waals surface area contributed by atoms with Crippen LogP contribution in [0.25, 0.3) is 0 Å². The molecule has 1 saturated carbocycles. The number of aliphatic hydroxyl groups excluding tert-OH is 1. The van der Waals surface area contributed by atoms with Gasteiger partial charge in [0.15, 0.2) is 6.73 Å². The molecule has 0 radical (unpaired) electrons. The largest absolute Gasteiger partial charge is 0.478 e. The average molecular weight is 368 g/mol. The summed E-state index contributed by atoms with van der Waals surface area (Å²) in [5, 5.41) is 18.8.